The van der Waals surface area contributed by atoms with Crippen LogP contribution in [0.3, 0.4) is 0 Å². The molecule has 1 heterocycles. The number of hydrogen-bond acceptors (Lipinski definition) is 2. The zero-order valence-corrected chi connectivity index (χ0v) is 13.6. The van der Waals surface area contributed by atoms with Crippen molar-refractivity contribution in [2.75, 3.05) is 0 Å². The summed E-state index contributed by atoms with van der Waals surface area (Å²) in [5.41, 5.74) is 7.03. The Morgan fingerprint density at radius 1 is 1.09 bits per heavy atom. The van der Waals surface area contributed by atoms with Crippen molar-refractivity contribution in [3.8, 4) is 0 Å². The second-order valence-electron chi connectivity index (χ2n) is 5.74. The van der Waals surface area contributed by atoms with E-state index in [1.807, 2.05) is 29.1 Å². The van der Waals surface area contributed by atoms with E-state index in [1.54, 1.807) is 0 Å². The largest absolute Gasteiger partial charge is 0.231 e. The molecular weight excluding hydrogens is 270 g/mol. The number of benzene rings is 2. The summed E-state index contributed by atoms with van der Waals surface area (Å²) in [5, 5.41) is 4.72. The Hall–Kier alpha value is -2.42. The van der Waals surface area contributed by atoms with Crippen LogP contribution in [0.25, 0.3) is 11.0 Å². The average Bonchev–Trinajstić information content (AvgIpc) is 2.84. The third-order valence-corrected chi connectivity index (χ3v) is 3.96. The molecular formula is C19H21N3. The second-order valence-corrected chi connectivity index (χ2v) is 5.74. The minimum Gasteiger partial charge on any atom is -0.231 e. The van der Waals surface area contributed by atoms with Crippen LogP contribution in [0.4, 0.5) is 0 Å². The predicted molar refractivity (Wildman–Crippen MR) is 92.8 cm³/mol. The molecule has 0 unspecified atom stereocenters. The van der Waals surface area contributed by atoms with Crippen LogP contribution in [0.15, 0.2) is 41.5 Å². The van der Waals surface area contributed by atoms with Crippen LogP contribution < -0.4 is 0 Å². The fraction of sp³-hybridized carbons (Fsp3) is 0.263. The van der Waals surface area contributed by atoms with Gasteiger partial charge < -0.3 is 0 Å². The third-order valence-electron chi connectivity index (χ3n) is 3.96. The molecule has 3 nitrogen and oxygen atoms in total. The predicted octanol–water partition coefficient (Wildman–Crippen LogP) is 4.41. The number of imidazole rings is 1. The molecule has 3 aromatic rings. The number of aryl methyl sites for hydroxylation is 4. The highest BCUT2D eigenvalue weighted by molar-refractivity contribution is 5.85. The Morgan fingerprint density at radius 3 is 2.45 bits per heavy atom. The summed E-state index contributed by atoms with van der Waals surface area (Å²) in [5.74, 6) is 0.986. The van der Waals surface area contributed by atoms with E-state index in [4.69, 9.17) is 5.10 Å². The minimum atomic E-state index is 0.859. The van der Waals surface area contributed by atoms with Gasteiger partial charge in [-0.2, -0.15) is 5.10 Å². The average molecular weight is 291 g/mol. The van der Waals surface area contributed by atoms with Crippen LogP contribution >= 0.6 is 0 Å². The first-order valence-electron chi connectivity index (χ1n) is 7.68. The van der Waals surface area contributed by atoms with Gasteiger partial charge in [-0.1, -0.05) is 36.8 Å². The van der Waals surface area contributed by atoms with Gasteiger partial charge in [0.2, 0.25) is 0 Å². The zero-order valence-electron chi connectivity index (χ0n) is 13.6. The lowest BCUT2D eigenvalue weighted by Crippen LogP contribution is -1.99. The maximum atomic E-state index is 4.72. The van der Waals surface area contributed by atoms with Gasteiger partial charge in [0.05, 0.1) is 17.2 Å². The molecule has 0 aliphatic heterocycles. The molecule has 0 N–H and O–H groups in total. The lowest BCUT2D eigenvalue weighted by Gasteiger charge is -2.07. The van der Waals surface area contributed by atoms with Crippen molar-refractivity contribution in [3.05, 3.63) is 64.5 Å². The molecule has 3 heteroatoms. The molecule has 0 spiro atoms. The summed E-state index contributed by atoms with van der Waals surface area (Å²) in [7, 11) is 0. The summed E-state index contributed by atoms with van der Waals surface area (Å²) >= 11 is 0. The summed E-state index contributed by atoms with van der Waals surface area (Å²) in [6.07, 6.45) is 2.81. The number of hydrogen-bond donors (Lipinski definition) is 0. The molecule has 0 radical (unpaired) electrons. The van der Waals surface area contributed by atoms with Crippen molar-refractivity contribution in [2.24, 2.45) is 5.10 Å². The molecule has 0 aliphatic rings. The quantitative estimate of drug-likeness (QED) is 0.658. The first-order valence-corrected chi connectivity index (χ1v) is 7.68. The Labute approximate surface area is 131 Å². The van der Waals surface area contributed by atoms with E-state index < -0.39 is 0 Å². The van der Waals surface area contributed by atoms with E-state index in [2.05, 4.69) is 50.9 Å². The molecule has 3 rings (SSSR count). The molecule has 112 valence electrons. The summed E-state index contributed by atoms with van der Waals surface area (Å²) in [4.78, 5) is 4.65. The highest BCUT2D eigenvalue weighted by atomic mass is 15.4. The maximum absolute atomic E-state index is 4.72. The molecule has 0 saturated carbocycles. The smallest absolute Gasteiger partial charge is 0.131 e. The number of aromatic nitrogens is 2. The van der Waals surface area contributed by atoms with Crippen molar-refractivity contribution in [1.29, 1.82) is 0 Å². The van der Waals surface area contributed by atoms with Gasteiger partial charge in [-0.3, -0.25) is 0 Å². The molecule has 0 fully saturated rings. The molecule has 0 aliphatic carbocycles. The standard InChI is InChI=1S/C19H21N3/c1-5-19-21-17-8-6-7-9-18(17)22(19)20-12-16-14(3)10-13(2)11-15(16)4/h6-12H,5H2,1-4H3. The molecule has 2 aromatic carbocycles. The van der Waals surface area contributed by atoms with Crippen LogP contribution in [-0.2, 0) is 6.42 Å². The number of fused-ring (bicyclic) bond motifs is 1. The van der Waals surface area contributed by atoms with Gasteiger partial charge in [-0.15, -0.1) is 0 Å². The first kappa shape index (κ1) is 14.5. The van der Waals surface area contributed by atoms with Crippen LogP contribution in [-0.4, -0.2) is 15.9 Å². The Balaban J connectivity index is 2.10. The Bertz CT molecular complexity index is 833. The molecule has 1 aromatic heterocycles. The van der Waals surface area contributed by atoms with E-state index in [0.29, 0.717) is 0 Å². The monoisotopic (exact) mass is 291 g/mol. The normalized spacial score (nSPS) is 11.6. The summed E-state index contributed by atoms with van der Waals surface area (Å²) in [6, 6.07) is 12.5. The van der Waals surface area contributed by atoms with Gasteiger partial charge in [0, 0.05) is 12.0 Å². The van der Waals surface area contributed by atoms with Crippen LogP contribution in [0.2, 0.25) is 0 Å². The SMILES string of the molecule is CCc1nc2ccccc2n1N=Cc1c(C)cc(C)cc1C. The van der Waals surface area contributed by atoms with Crippen LogP contribution in [0.1, 0.15) is 35.0 Å². The number of nitrogens with zero attached hydrogens (tertiary/aromatic N) is 3. The second kappa shape index (κ2) is 5.76. The van der Waals surface area contributed by atoms with E-state index >= 15 is 0 Å². The van der Waals surface area contributed by atoms with E-state index in [9.17, 15) is 0 Å². The zero-order chi connectivity index (χ0) is 15.7. The van der Waals surface area contributed by atoms with Gasteiger partial charge in [0.25, 0.3) is 0 Å². The molecule has 0 amide bonds. The van der Waals surface area contributed by atoms with Crippen molar-refractivity contribution >= 4 is 17.2 Å². The van der Waals surface area contributed by atoms with Crippen molar-refractivity contribution in [2.45, 2.75) is 34.1 Å². The van der Waals surface area contributed by atoms with E-state index in [1.165, 1.54) is 22.3 Å². The fourth-order valence-electron chi connectivity index (χ4n) is 2.93. The van der Waals surface area contributed by atoms with Gasteiger partial charge in [-0.25, -0.2) is 9.66 Å². The van der Waals surface area contributed by atoms with Crippen LogP contribution in [0.5, 0.6) is 0 Å². The topological polar surface area (TPSA) is 30.2 Å². The highest BCUT2D eigenvalue weighted by Gasteiger charge is 2.08. The van der Waals surface area contributed by atoms with E-state index in [-0.39, 0.29) is 0 Å². The lowest BCUT2D eigenvalue weighted by atomic mass is 10.0. The lowest BCUT2D eigenvalue weighted by molar-refractivity contribution is 0.809. The van der Waals surface area contributed by atoms with Gasteiger partial charge >= 0.3 is 0 Å². The number of rotatable bonds is 3. The maximum Gasteiger partial charge on any atom is 0.131 e. The van der Waals surface area contributed by atoms with Gasteiger partial charge in [0.15, 0.2) is 0 Å². The van der Waals surface area contributed by atoms with Gasteiger partial charge in [-0.05, 0) is 44.0 Å². The molecule has 22 heavy (non-hydrogen) atoms. The molecule has 0 bridgehead atoms. The Morgan fingerprint density at radius 2 is 1.77 bits per heavy atom. The van der Waals surface area contributed by atoms with Crippen molar-refractivity contribution < 1.29 is 0 Å². The first-order chi connectivity index (χ1) is 10.6. The minimum absolute atomic E-state index is 0.859. The highest BCUT2D eigenvalue weighted by Crippen LogP contribution is 2.18. The third kappa shape index (κ3) is 2.54. The number of para-hydroxylation sites is 2. The van der Waals surface area contributed by atoms with Gasteiger partial charge in [0.1, 0.15) is 5.82 Å². The molecule has 0 atom stereocenters. The van der Waals surface area contributed by atoms with Crippen molar-refractivity contribution in [1.82, 2.24) is 9.66 Å². The summed E-state index contributed by atoms with van der Waals surface area (Å²) in [6.45, 7) is 8.50. The van der Waals surface area contributed by atoms with Crippen LogP contribution in [0, 0.1) is 20.8 Å². The van der Waals surface area contributed by atoms with E-state index in [0.717, 1.165) is 23.3 Å². The summed E-state index contributed by atoms with van der Waals surface area (Å²) < 4.78 is 1.95. The van der Waals surface area contributed by atoms with Crippen molar-refractivity contribution in [3.63, 3.8) is 0 Å². The Kier molecular flexibility index (Phi) is 3.80. The molecule has 0 saturated heterocycles. The fourth-order valence-corrected chi connectivity index (χ4v) is 2.93.